The second-order valence-corrected chi connectivity index (χ2v) is 13.1. The first-order valence-corrected chi connectivity index (χ1v) is 12.2. The highest BCUT2D eigenvalue weighted by Gasteiger charge is 2.79. The Morgan fingerprint density at radius 3 is 1.46 bits per heavy atom. The first-order valence-electron chi connectivity index (χ1n) is 12.2. The van der Waals surface area contributed by atoms with Crippen LogP contribution in [0, 0.1) is 69.0 Å². The lowest BCUT2D eigenvalue weighted by atomic mass is 9.53. The molecule has 6 rings (SSSR count). The van der Waals surface area contributed by atoms with Crippen LogP contribution in [0.1, 0.15) is 92.9 Å². The first kappa shape index (κ1) is 16.9. The molecule has 0 saturated heterocycles. The van der Waals surface area contributed by atoms with E-state index in [1.54, 1.807) is 38.5 Å². The van der Waals surface area contributed by atoms with Crippen LogP contribution < -0.4 is 0 Å². The fourth-order valence-corrected chi connectivity index (χ4v) is 12.6. The molecule has 0 nitrogen and oxygen atoms in total. The Bertz CT molecular complexity index is 598. The highest BCUT2D eigenvalue weighted by atomic mass is 14.8. The molecule has 0 aliphatic heterocycles. The summed E-state index contributed by atoms with van der Waals surface area (Å²) in [4.78, 5) is 0. The van der Waals surface area contributed by atoms with Gasteiger partial charge in [-0.1, -0.05) is 54.4 Å². The number of hydrogen-bond donors (Lipinski definition) is 0. The van der Waals surface area contributed by atoms with Crippen molar-refractivity contribution in [2.75, 3.05) is 0 Å². The van der Waals surface area contributed by atoms with E-state index in [4.69, 9.17) is 0 Å². The third-order valence-electron chi connectivity index (χ3n) is 12.9. The van der Waals surface area contributed by atoms with Gasteiger partial charge in [0.15, 0.2) is 0 Å². The van der Waals surface area contributed by atoms with E-state index in [0.717, 1.165) is 47.3 Å². The fraction of sp³-hybridized carbons (Fsp3) is 1.00. The molecule has 6 aliphatic carbocycles. The predicted molar refractivity (Wildman–Crippen MR) is 109 cm³/mol. The second-order valence-electron chi connectivity index (χ2n) is 13.1. The van der Waals surface area contributed by atoms with Crippen molar-refractivity contribution in [3.8, 4) is 0 Å². The highest BCUT2D eigenvalue weighted by Crippen LogP contribution is 2.86. The summed E-state index contributed by atoms with van der Waals surface area (Å²) in [5.41, 5.74) is 2.68. The lowest BCUT2D eigenvalue weighted by Crippen LogP contribution is -2.44. The minimum absolute atomic E-state index is 0.649. The molecular formula is C26H42. The average molecular weight is 355 g/mol. The SMILES string of the molecule is CCC1C(CC)C2(C)CC1(C)C1CC2C2C1C1(C)CC2(C)C2CCC1C2. The van der Waals surface area contributed by atoms with Gasteiger partial charge < -0.3 is 0 Å². The molecule has 0 aromatic heterocycles. The highest BCUT2D eigenvalue weighted by molar-refractivity contribution is 5.27. The zero-order valence-electron chi connectivity index (χ0n) is 18.3. The van der Waals surface area contributed by atoms with Gasteiger partial charge in [-0.3, -0.25) is 0 Å². The summed E-state index contributed by atoms with van der Waals surface area (Å²) in [6.07, 6.45) is 12.4. The summed E-state index contributed by atoms with van der Waals surface area (Å²) >= 11 is 0. The first-order chi connectivity index (χ1) is 12.2. The maximum atomic E-state index is 2.79. The van der Waals surface area contributed by atoms with Gasteiger partial charge in [0, 0.05) is 0 Å². The normalized spacial score (nSPS) is 69.9. The molecule has 0 heteroatoms. The van der Waals surface area contributed by atoms with Gasteiger partial charge in [0.25, 0.3) is 0 Å². The van der Waals surface area contributed by atoms with Gasteiger partial charge in [-0.25, -0.2) is 0 Å². The third-order valence-corrected chi connectivity index (χ3v) is 12.9. The van der Waals surface area contributed by atoms with Crippen LogP contribution in [0.5, 0.6) is 0 Å². The summed E-state index contributed by atoms with van der Waals surface area (Å²) in [5, 5.41) is 0. The van der Waals surface area contributed by atoms with Gasteiger partial charge >= 0.3 is 0 Å². The average Bonchev–Trinajstić information content (AvgIpc) is 3.27. The quantitative estimate of drug-likeness (QED) is 0.460. The van der Waals surface area contributed by atoms with Crippen LogP contribution in [0.4, 0.5) is 0 Å². The van der Waals surface area contributed by atoms with E-state index in [-0.39, 0.29) is 0 Å². The summed E-state index contributed by atoms with van der Waals surface area (Å²) in [7, 11) is 0. The minimum atomic E-state index is 0.649. The van der Waals surface area contributed by atoms with Crippen LogP contribution in [-0.2, 0) is 0 Å². The number of rotatable bonds is 2. The largest absolute Gasteiger partial charge is 0.0651 e. The van der Waals surface area contributed by atoms with Gasteiger partial charge in [0.1, 0.15) is 0 Å². The van der Waals surface area contributed by atoms with Crippen molar-refractivity contribution >= 4 is 0 Å². The molecule has 0 aromatic rings. The fourth-order valence-electron chi connectivity index (χ4n) is 12.6. The molecule has 12 atom stereocenters. The lowest BCUT2D eigenvalue weighted by molar-refractivity contribution is -0.0255. The van der Waals surface area contributed by atoms with Gasteiger partial charge in [0.2, 0.25) is 0 Å². The van der Waals surface area contributed by atoms with Crippen LogP contribution in [0.25, 0.3) is 0 Å². The Morgan fingerprint density at radius 2 is 1.04 bits per heavy atom. The molecule has 6 aliphatic rings. The summed E-state index contributed by atoms with van der Waals surface area (Å²) in [5.74, 6) is 8.42. The smallest absolute Gasteiger partial charge is 0.0258 e. The molecule has 0 spiro atoms. The molecule has 6 fully saturated rings. The lowest BCUT2D eigenvalue weighted by Gasteiger charge is -2.51. The Morgan fingerprint density at radius 1 is 0.615 bits per heavy atom. The van der Waals surface area contributed by atoms with Crippen molar-refractivity contribution in [2.24, 2.45) is 69.0 Å². The van der Waals surface area contributed by atoms with Gasteiger partial charge in [-0.15, -0.1) is 0 Å². The van der Waals surface area contributed by atoms with Crippen LogP contribution in [0.2, 0.25) is 0 Å². The minimum Gasteiger partial charge on any atom is -0.0651 e. The standard InChI is InChI=1S/C26H42/c1-7-17-18(8-2)26(6)14-25(17,5)19-12-20(26)22-21(19)23(3)13-24(22,4)16-10-9-15(23)11-16/h15-22H,7-14H2,1-6H3. The van der Waals surface area contributed by atoms with E-state index >= 15 is 0 Å². The van der Waals surface area contributed by atoms with Crippen molar-refractivity contribution in [1.82, 2.24) is 0 Å². The molecule has 146 valence electrons. The van der Waals surface area contributed by atoms with E-state index < -0.39 is 0 Å². The van der Waals surface area contributed by atoms with Gasteiger partial charge in [-0.05, 0) is 108 Å². The van der Waals surface area contributed by atoms with E-state index in [1.807, 2.05) is 0 Å². The van der Waals surface area contributed by atoms with Gasteiger partial charge in [0.05, 0.1) is 0 Å². The summed E-state index contributed by atoms with van der Waals surface area (Å²) in [6.45, 7) is 16.2. The van der Waals surface area contributed by atoms with Crippen LogP contribution in [0.15, 0.2) is 0 Å². The maximum absolute atomic E-state index is 2.79. The van der Waals surface area contributed by atoms with Crippen molar-refractivity contribution in [1.29, 1.82) is 0 Å². The van der Waals surface area contributed by atoms with E-state index in [2.05, 4.69) is 41.5 Å². The van der Waals surface area contributed by atoms with Crippen molar-refractivity contribution < 1.29 is 0 Å². The molecule has 26 heavy (non-hydrogen) atoms. The Labute approximate surface area is 162 Å². The topological polar surface area (TPSA) is 0 Å². The van der Waals surface area contributed by atoms with Crippen molar-refractivity contribution in [2.45, 2.75) is 92.9 Å². The van der Waals surface area contributed by atoms with Crippen LogP contribution in [0.3, 0.4) is 0 Å². The Kier molecular flexibility index (Phi) is 2.99. The Hall–Kier alpha value is 0. The zero-order valence-corrected chi connectivity index (χ0v) is 18.3. The van der Waals surface area contributed by atoms with Crippen LogP contribution >= 0.6 is 0 Å². The molecule has 0 radical (unpaired) electrons. The Balaban J connectivity index is 1.55. The molecule has 8 bridgehead atoms. The van der Waals surface area contributed by atoms with E-state index in [1.165, 1.54) is 12.8 Å². The number of hydrogen-bond acceptors (Lipinski definition) is 0. The van der Waals surface area contributed by atoms with E-state index in [9.17, 15) is 0 Å². The zero-order chi connectivity index (χ0) is 18.3. The molecule has 0 heterocycles. The van der Waals surface area contributed by atoms with Gasteiger partial charge in [-0.2, -0.15) is 0 Å². The summed E-state index contributed by atoms with van der Waals surface area (Å²) < 4.78 is 0. The van der Waals surface area contributed by atoms with Crippen LogP contribution in [-0.4, -0.2) is 0 Å². The molecule has 6 saturated carbocycles. The van der Waals surface area contributed by atoms with Crippen molar-refractivity contribution in [3.05, 3.63) is 0 Å². The van der Waals surface area contributed by atoms with E-state index in [0.29, 0.717) is 21.7 Å². The molecule has 0 amide bonds. The maximum Gasteiger partial charge on any atom is -0.0258 e. The molecule has 0 aromatic carbocycles. The molecule has 12 unspecified atom stereocenters. The molecule has 0 N–H and O–H groups in total. The predicted octanol–water partition coefficient (Wildman–Crippen LogP) is 7.18. The number of fused-ring (bicyclic) bond motifs is 17. The second kappa shape index (κ2) is 4.59. The summed E-state index contributed by atoms with van der Waals surface area (Å²) in [6, 6.07) is 0. The van der Waals surface area contributed by atoms with Crippen molar-refractivity contribution in [3.63, 3.8) is 0 Å². The third kappa shape index (κ3) is 1.47. The monoisotopic (exact) mass is 354 g/mol. The molecular weight excluding hydrogens is 312 g/mol.